The summed E-state index contributed by atoms with van der Waals surface area (Å²) in [7, 11) is 0. The zero-order valence-corrected chi connectivity index (χ0v) is 16.2. The molecule has 2 aliphatic rings. The van der Waals surface area contributed by atoms with E-state index in [2.05, 4.69) is 21.7 Å². The fourth-order valence-corrected chi connectivity index (χ4v) is 4.43. The van der Waals surface area contributed by atoms with Crippen LogP contribution in [0.5, 0.6) is 0 Å². The van der Waals surface area contributed by atoms with E-state index in [0.29, 0.717) is 18.9 Å². The number of benzene rings is 1. The van der Waals surface area contributed by atoms with Crippen LogP contribution in [0.15, 0.2) is 48.7 Å². The molecule has 1 aliphatic carbocycles. The van der Waals surface area contributed by atoms with Gasteiger partial charge in [0.1, 0.15) is 0 Å². The third-order valence-electron chi connectivity index (χ3n) is 6.10. The average molecular weight is 388 g/mol. The minimum atomic E-state index is -0.489. The topological polar surface area (TPSA) is 94.9 Å². The van der Waals surface area contributed by atoms with Crippen LogP contribution >= 0.6 is 0 Å². The van der Waals surface area contributed by atoms with E-state index in [4.69, 9.17) is 0 Å². The van der Waals surface area contributed by atoms with E-state index < -0.39 is 5.41 Å². The predicted octanol–water partition coefficient (Wildman–Crippen LogP) is 3.42. The minimum Gasteiger partial charge on any atom is -0.382 e. The zero-order valence-electron chi connectivity index (χ0n) is 16.2. The Bertz CT molecular complexity index is 910. The summed E-state index contributed by atoms with van der Waals surface area (Å²) in [5, 5.41) is 15.7. The number of amides is 2. The van der Waals surface area contributed by atoms with Gasteiger partial charge in [0.2, 0.25) is 11.8 Å². The molecule has 0 bridgehead atoms. The van der Waals surface area contributed by atoms with Gasteiger partial charge in [-0.2, -0.15) is 5.26 Å². The van der Waals surface area contributed by atoms with Gasteiger partial charge in [-0.1, -0.05) is 18.2 Å². The Morgan fingerprint density at radius 2 is 1.72 bits per heavy atom. The zero-order chi connectivity index (χ0) is 20.3. The first-order chi connectivity index (χ1) is 14.1. The molecule has 1 aromatic carbocycles. The van der Waals surface area contributed by atoms with Crippen LogP contribution in [0, 0.1) is 11.3 Å². The van der Waals surface area contributed by atoms with E-state index in [-0.39, 0.29) is 17.7 Å². The van der Waals surface area contributed by atoms with Gasteiger partial charge < -0.3 is 5.32 Å². The number of imide groups is 1. The summed E-state index contributed by atoms with van der Waals surface area (Å²) in [6.07, 6.45) is 5.84. The van der Waals surface area contributed by atoms with Crippen LogP contribution in [0.3, 0.4) is 0 Å². The van der Waals surface area contributed by atoms with Crippen LogP contribution < -0.4 is 10.6 Å². The molecular weight excluding hydrogens is 364 g/mol. The van der Waals surface area contributed by atoms with E-state index in [1.165, 1.54) is 0 Å². The molecule has 0 spiro atoms. The van der Waals surface area contributed by atoms with Crippen molar-refractivity contribution in [2.75, 3.05) is 5.32 Å². The van der Waals surface area contributed by atoms with Crippen molar-refractivity contribution >= 4 is 17.5 Å². The average Bonchev–Trinajstić information content (AvgIpc) is 2.75. The number of nitrogens with one attached hydrogen (secondary N) is 2. The summed E-state index contributed by atoms with van der Waals surface area (Å²) >= 11 is 0. The van der Waals surface area contributed by atoms with Gasteiger partial charge in [0.15, 0.2) is 0 Å². The van der Waals surface area contributed by atoms with Gasteiger partial charge in [0, 0.05) is 36.7 Å². The fraction of sp³-hybridized carbons (Fsp3) is 0.391. The Morgan fingerprint density at radius 3 is 2.31 bits per heavy atom. The number of carbonyl (C=O) groups excluding carboxylic acids is 2. The molecule has 148 valence electrons. The van der Waals surface area contributed by atoms with Crippen molar-refractivity contribution < 1.29 is 9.59 Å². The summed E-state index contributed by atoms with van der Waals surface area (Å²) in [5.41, 5.74) is 2.42. The number of nitriles is 1. The highest BCUT2D eigenvalue weighted by Gasteiger charge is 2.38. The number of piperidine rings is 1. The Hall–Kier alpha value is -3.20. The molecule has 2 N–H and O–H groups in total. The van der Waals surface area contributed by atoms with E-state index in [1.54, 1.807) is 6.20 Å². The SMILES string of the molecule is N#CC1(c2ccccn2)CCC(Nc2ccc(C3CC(=O)NC(=O)C3)cc2)CC1. The van der Waals surface area contributed by atoms with Crippen molar-refractivity contribution in [2.45, 2.75) is 55.9 Å². The molecule has 2 fully saturated rings. The number of rotatable bonds is 4. The van der Waals surface area contributed by atoms with Crippen molar-refractivity contribution in [3.05, 3.63) is 59.9 Å². The van der Waals surface area contributed by atoms with Crippen LogP contribution in [0.2, 0.25) is 0 Å². The van der Waals surface area contributed by atoms with Crippen LogP contribution in [-0.4, -0.2) is 22.8 Å². The monoisotopic (exact) mass is 388 g/mol. The van der Waals surface area contributed by atoms with E-state index in [0.717, 1.165) is 42.6 Å². The van der Waals surface area contributed by atoms with Crippen LogP contribution in [0.4, 0.5) is 5.69 Å². The predicted molar refractivity (Wildman–Crippen MR) is 109 cm³/mol. The molecule has 29 heavy (non-hydrogen) atoms. The molecule has 6 heteroatoms. The lowest BCUT2D eigenvalue weighted by molar-refractivity contribution is -0.133. The van der Waals surface area contributed by atoms with E-state index >= 15 is 0 Å². The highest BCUT2D eigenvalue weighted by atomic mass is 16.2. The maximum atomic E-state index is 11.6. The molecule has 1 saturated heterocycles. The molecule has 0 radical (unpaired) electrons. The molecular formula is C23H24N4O2. The maximum absolute atomic E-state index is 11.6. The fourth-order valence-electron chi connectivity index (χ4n) is 4.43. The summed E-state index contributed by atoms with van der Waals surface area (Å²) in [4.78, 5) is 27.6. The van der Waals surface area contributed by atoms with Gasteiger partial charge in [-0.25, -0.2) is 0 Å². The van der Waals surface area contributed by atoms with Crippen LogP contribution in [-0.2, 0) is 15.0 Å². The number of anilines is 1. The summed E-state index contributed by atoms with van der Waals surface area (Å²) in [6, 6.07) is 16.6. The Kier molecular flexibility index (Phi) is 5.30. The van der Waals surface area contributed by atoms with Gasteiger partial charge in [-0.3, -0.25) is 19.9 Å². The number of hydrogen-bond acceptors (Lipinski definition) is 5. The van der Waals surface area contributed by atoms with E-state index in [1.807, 2.05) is 42.5 Å². The van der Waals surface area contributed by atoms with E-state index in [9.17, 15) is 14.9 Å². The normalized spacial score (nSPS) is 25.1. The summed E-state index contributed by atoms with van der Waals surface area (Å²) in [6.45, 7) is 0. The highest BCUT2D eigenvalue weighted by molar-refractivity contribution is 5.98. The number of nitrogens with zero attached hydrogens (tertiary/aromatic N) is 2. The molecule has 2 amide bonds. The van der Waals surface area contributed by atoms with Gasteiger partial charge in [0.25, 0.3) is 0 Å². The molecule has 2 aromatic rings. The molecule has 0 atom stereocenters. The summed E-state index contributed by atoms with van der Waals surface area (Å²) < 4.78 is 0. The first kappa shape index (κ1) is 19.1. The maximum Gasteiger partial charge on any atom is 0.227 e. The lowest BCUT2D eigenvalue weighted by atomic mass is 9.71. The second-order valence-corrected chi connectivity index (χ2v) is 8.03. The van der Waals surface area contributed by atoms with Crippen molar-refractivity contribution in [3.63, 3.8) is 0 Å². The second-order valence-electron chi connectivity index (χ2n) is 8.03. The number of carbonyl (C=O) groups is 2. The quantitative estimate of drug-likeness (QED) is 0.783. The largest absolute Gasteiger partial charge is 0.382 e. The molecule has 1 saturated carbocycles. The van der Waals surface area contributed by atoms with Crippen molar-refractivity contribution in [1.29, 1.82) is 5.26 Å². The first-order valence-electron chi connectivity index (χ1n) is 10.1. The van der Waals surface area contributed by atoms with Crippen molar-refractivity contribution in [2.24, 2.45) is 0 Å². The van der Waals surface area contributed by atoms with Gasteiger partial charge in [0.05, 0.1) is 17.2 Å². The Balaban J connectivity index is 1.37. The molecule has 4 rings (SSSR count). The second kappa shape index (κ2) is 8.04. The molecule has 1 aliphatic heterocycles. The summed E-state index contributed by atoms with van der Waals surface area (Å²) in [5.74, 6) is -0.455. The highest BCUT2D eigenvalue weighted by Crippen LogP contribution is 2.39. The van der Waals surface area contributed by atoms with Gasteiger partial charge >= 0.3 is 0 Å². The Labute approximate surface area is 170 Å². The number of aromatic nitrogens is 1. The number of hydrogen-bond donors (Lipinski definition) is 2. The number of pyridine rings is 1. The lowest BCUT2D eigenvalue weighted by Crippen LogP contribution is -2.37. The van der Waals surface area contributed by atoms with Crippen molar-refractivity contribution in [3.8, 4) is 6.07 Å². The van der Waals surface area contributed by atoms with Gasteiger partial charge in [-0.15, -0.1) is 0 Å². The Morgan fingerprint density at radius 1 is 1.03 bits per heavy atom. The third-order valence-corrected chi connectivity index (χ3v) is 6.10. The van der Waals surface area contributed by atoms with Crippen LogP contribution in [0.25, 0.3) is 0 Å². The van der Waals surface area contributed by atoms with Crippen LogP contribution in [0.1, 0.15) is 55.7 Å². The molecule has 0 unspecified atom stereocenters. The minimum absolute atomic E-state index is 0.0467. The standard InChI is InChI=1S/C23H24N4O2/c24-15-23(20-3-1-2-12-25-20)10-8-19(9-11-23)26-18-6-4-16(5-7-18)17-13-21(28)27-22(29)14-17/h1-7,12,17,19,26H,8-11,13-14H2,(H,27,28,29). The third kappa shape index (κ3) is 4.14. The first-order valence-corrected chi connectivity index (χ1v) is 10.1. The molecule has 1 aromatic heterocycles. The lowest BCUT2D eigenvalue weighted by Gasteiger charge is -2.35. The van der Waals surface area contributed by atoms with Crippen molar-refractivity contribution in [1.82, 2.24) is 10.3 Å². The smallest absolute Gasteiger partial charge is 0.227 e. The molecule has 6 nitrogen and oxygen atoms in total. The van der Waals surface area contributed by atoms with Gasteiger partial charge in [-0.05, 0) is 55.5 Å². The molecule has 2 heterocycles.